The van der Waals surface area contributed by atoms with Gasteiger partial charge >= 0.3 is 0 Å². The maximum Gasteiger partial charge on any atom is 0.265 e. The van der Waals surface area contributed by atoms with Crippen molar-refractivity contribution in [3.63, 3.8) is 0 Å². The van der Waals surface area contributed by atoms with Crippen molar-refractivity contribution in [3.8, 4) is 6.07 Å². The number of hydrogen-bond donors (Lipinski definition) is 2. The fourth-order valence-electron chi connectivity index (χ4n) is 1.49. The number of benzene rings is 1. The lowest BCUT2D eigenvalue weighted by molar-refractivity contribution is 0.601. The SMILES string of the molecule is N#Cc1ccc(NS(=O)(=O)c2cnccc2N)cc1Cl. The second-order valence-electron chi connectivity index (χ2n) is 3.83. The number of pyridine rings is 1. The number of nitriles is 1. The molecule has 102 valence electrons. The van der Waals surface area contributed by atoms with Crippen molar-refractivity contribution in [2.24, 2.45) is 0 Å². The van der Waals surface area contributed by atoms with Gasteiger partial charge in [-0.2, -0.15) is 5.26 Å². The minimum atomic E-state index is -3.86. The molecular formula is C12H9ClN4O2S. The quantitative estimate of drug-likeness (QED) is 0.901. The van der Waals surface area contributed by atoms with E-state index in [2.05, 4.69) is 9.71 Å². The lowest BCUT2D eigenvalue weighted by Crippen LogP contribution is -2.15. The van der Waals surface area contributed by atoms with Gasteiger partial charge in [0.05, 0.1) is 22.0 Å². The van der Waals surface area contributed by atoms with Crippen molar-refractivity contribution < 1.29 is 8.42 Å². The van der Waals surface area contributed by atoms with Crippen LogP contribution < -0.4 is 10.5 Å². The maximum absolute atomic E-state index is 12.1. The highest BCUT2D eigenvalue weighted by Crippen LogP contribution is 2.24. The number of nitrogens with one attached hydrogen (secondary N) is 1. The highest BCUT2D eigenvalue weighted by atomic mass is 35.5. The molecule has 0 unspecified atom stereocenters. The monoisotopic (exact) mass is 308 g/mol. The van der Waals surface area contributed by atoms with Gasteiger partial charge in [0, 0.05) is 12.4 Å². The normalized spacial score (nSPS) is 10.8. The van der Waals surface area contributed by atoms with E-state index in [4.69, 9.17) is 22.6 Å². The average Bonchev–Trinajstić information content (AvgIpc) is 2.38. The van der Waals surface area contributed by atoms with Crippen LogP contribution in [0, 0.1) is 11.3 Å². The zero-order valence-electron chi connectivity index (χ0n) is 10.0. The Balaban J connectivity index is 2.37. The van der Waals surface area contributed by atoms with E-state index in [0.29, 0.717) is 0 Å². The summed E-state index contributed by atoms with van der Waals surface area (Å²) in [7, 11) is -3.86. The highest BCUT2D eigenvalue weighted by molar-refractivity contribution is 7.92. The molecule has 6 nitrogen and oxygen atoms in total. The van der Waals surface area contributed by atoms with E-state index in [-0.39, 0.29) is 26.9 Å². The third-order valence-electron chi connectivity index (χ3n) is 2.45. The molecule has 2 aromatic rings. The largest absolute Gasteiger partial charge is 0.398 e. The third-order valence-corrected chi connectivity index (χ3v) is 4.19. The summed E-state index contributed by atoms with van der Waals surface area (Å²) < 4.78 is 26.6. The number of aromatic nitrogens is 1. The van der Waals surface area contributed by atoms with E-state index in [1.807, 2.05) is 6.07 Å². The van der Waals surface area contributed by atoms with Crippen molar-refractivity contribution in [3.05, 3.63) is 47.2 Å². The van der Waals surface area contributed by atoms with Crippen LogP contribution in [0.3, 0.4) is 0 Å². The molecule has 0 bridgehead atoms. The number of nitrogens with zero attached hydrogens (tertiary/aromatic N) is 2. The lowest BCUT2D eigenvalue weighted by Gasteiger charge is -2.10. The Morgan fingerprint density at radius 1 is 1.35 bits per heavy atom. The minimum Gasteiger partial charge on any atom is -0.398 e. The molecule has 2 rings (SSSR count). The standard InChI is InChI=1S/C12H9ClN4O2S/c13-10-5-9(2-1-8(10)6-14)17-20(18,19)12-7-16-4-3-11(12)15/h1-5,7,17H,(H2,15,16). The van der Waals surface area contributed by atoms with Gasteiger partial charge in [-0.1, -0.05) is 11.6 Å². The number of nitrogens with two attached hydrogens (primary N) is 1. The van der Waals surface area contributed by atoms with E-state index < -0.39 is 10.0 Å². The Bertz CT molecular complexity index is 799. The summed E-state index contributed by atoms with van der Waals surface area (Å²) in [5, 5.41) is 8.92. The first-order chi connectivity index (χ1) is 9.44. The Hall–Kier alpha value is -2.30. The van der Waals surface area contributed by atoms with Gasteiger partial charge in [-0.25, -0.2) is 8.42 Å². The van der Waals surface area contributed by atoms with Crippen LogP contribution in [-0.4, -0.2) is 13.4 Å². The molecule has 0 aliphatic rings. The molecule has 0 aliphatic heterocycles. The Morgan fingerprint density at radius 3 is 2.70 bits per heavy atom. The van der Waals surface area contributed by atoms with E-state index in [0.717, 1.165) is 6.20 Å². The van der Waals surface area contributed by atoms with Gasteiger partial charge in [0.15, 0.2) is 0 Å². The maximum atomic E-state index is 12.1. The summed E-state index contributed by atoms with van der Waals surface area (Å²) in [4.78, 5) is 3.61. The molecule has 1 aromatic carbocycles. The van der Waals surface area contributed by atoms with Crippen molar-refractivity contribution in [1.29, 1.82) is 5.26 Å². The van der Waals surface area contributed by atoms with E-state index in [1.54, 1.807) is 0 Å². The number of nitrogen functional groups attached to an aromatic ring is 1. The summed E-state index contributed by atoms with van der Waals surface area (Å²) in [6.07, 6.45) is 2.55. The molecule has 0 aliphatic carbocycles. The first-order valence-corrected chi connectivity index (χ1v) is 7.22. The first-order valence-electron chi connectivity index (χ1n) is 5.36. The average molecular weight is 309 g/mol. The second kappa shape index (κ2) is 5.36. The third kappa shape index (κ3) is 2.82. The number of rotatable bonds is 3. The molecular weight excluding hydrogens is 300 g/mol. The van der Waals surface area contributed by atoms with Crippen molar-refractivity contribution in [2.75, 3.05) is 10.5 Å². The number of halogens is 1. The van der Waals surface area contributed by atoms with Gasteiger partial charge < -0.3 is 5.73 Å². The molecule has 0 radical (unpaired) electrons. The lowest BCUT2D eigenvalue weighted by atomic mass is 10.2. The Morgan fingerprint density at radius 2 is 2.10 bits per heavy atom. The van der Waals surface area contributed by atoms with Crippen LogP contribution in [0.15, 0.2) is 41.6 Å². The van der Waals surface area contributed by atoms with Crippen LogP contribution >= 0.6 is 11.6 Å². The van der Waals surface area contributed by atoms with Crippen LogP contribution in [-0.2, 0) is 10.0 Å². The summed E-state index contributed by atoms with van der Waals surface area (Å²) in [6, 6.07) is 7.49. The van der Waals surface area contributed by atoms with Gasteiger partial charge in [-0.05, 0) is 24.3 Å². The van der Waals surface area contributed by atoms with Crippen LogP contribution in [0.4, 0.5) is 11.4 Å². The predicted octanol–water partition coefficient (Wildman–Crippen LogP) is 1.99. The van der Waals surface area contributed by atoms with Gasteiger partial charge in [-0.15, -0.1) is 0 Å². The van der Waals surface area contributed by atoms with Gasteiger partial charge in [0.25, 0.3) is 10.0 Å². The summed E-state index contributed by atoms with van der Waals surface area (Å²) in [5.41, 5.74) is 6.19. The molecule has 3 N–H and O–H groups in total. The molecule has 20 heavy (non-hydrogen) atoms. The van der Waals surface area contributed by atoms with Crippen molar-refractivity contribution in [1.82, 2.24) is 4.98 Å². The predicted molar refractivity (Wildman–Crippen MR) is 75.6 cm³/mol. The zero-order valence-corrected chi connectivity index (χ0v) is 11.6. The molecule has 0 fully saturated rings. The number of sulfonamides is 1. The Kier molecular flexibility index (Phi) is 3.79. The molecule has 0 atom stereocenters. The van der Waals surface area contributed by atoms with Gasteiger partial charge in [0.1, 0.15) is 11.0 Å². The number of anilines is 2. The molecule has 8 heteroatoms. The summed E-state index contributed by atoms with van der Waals surface area (Å²) in [5.74, 6) is 0. The molecule has 0 spiro atoms. The van der Waals surface area contributed by atoms with Crippen molar-refractivity contribution in [2.45, 2.75) is 4.90 Å². The van der Waals surface area contributed by atoms with E-state index >= 15 is 0 Å². The minimum absolute atomic E-state index is 0.0900. The molecule has 0 saturated heterocycles. The highest BCUT2D eigenvalue weighted by Gasteiger charge is 2.18. The van der Waals surface area contributed by atoms with Crippen molar-refractivity contribution >= 4 is 33.0 Å². The van der Waals surface area contributed by atoms with Crippen LogP contribution in [0.1, 0.15) is 5.56 Å². The number of hydrogen-bond acceptors (Lipinski definition) is 5. The van der Waals surface area contributed by atoms with E-state index in [1.165, 1.54) is 30.5 Å². The topological polar surface area (TPSA) is 109 Å². The fraction of sp³-hybridized carbons (Fsp3) is 0. The molecule has 0 saturated carbocycles. The van der Waals surface area contributed by atoms with Crippen LogP contribution in [0.5, 0.6) is 0 Å². The smallest absolute Gasteiger partial charge is 0.265 e. The summed E-state index contributed by atoms with van der Waals surface area (Å²) in [6.45, 7) is 0. The Labute approximate surface area is 120 Å². The molecule has 1 heterocycles. The van der Waals surface area contributed by atoms with E-state index in [9.17, 15) is 8.42 Å². The van der Waals surface area contributed by atoms with Crippen LogP contribution in [0.2, 0.25) is 5.02 Å². The van der Waals surface area contributed by atoms with Gasteiger partial charge in [0.2, 0.25) is 0 Å². The van der Waals surface area contributed by atoms with Crippen LogP contribution in [0.25, 0.3) is 0 Å². The fourth-order valence-corrected chi connectivity index (χ4v) is 2.84. The summed E-state index contributed by atoms with van der Waals surface area (Å²) >= 11 is 5.84. The first kappa shape index (κ1) is 14.1. The van der Waals surface area contributed by atoms with Gasteiger partial charge in [-0.3, -0.25) is 9.71 Å². The molecule has 1 aromatic heterocycles. The molecule has 0 amide bonds. The second-order valence-corrected chi connectivity index (χ2v) is 5.88. The zero-order chi connectivity index (χ0) is 14.8.